The smallest absolute Gasteiger partial charge is 0.324 e. The lowest BCUT2D eigenvalue weighted by atomic mass is 10.1. The normalized spacial score (nSPS) is 16.3. The molecular weight excluding hydrogens is 372 g/mol. The van der Waals surface area contributed by atoms with Gasteiger partial charge in [-0.2, -0.15) is 0 Å². The molecule has 2 aromatic carbocycles. The van der Waals surface area contributed by atoms with Gasteiger partial charge in [0.1, 0.15) is 0 Å². The standard InChI is InChI=1S/C21H20N4O4/c26-18-5-2-10-24(18)17-8-6-15(7-9-17)20(28)23-16-4-1-3-14(11-16)13-25-19(27)12-22-21(25)29/h1,3-4,6-9,11H,2,5,10,12-13H2,(H,22,29)(H,23,28). The van der Waals surface area contributed by atoms with E-state index in [1.165, 1.54) is 0 Å². The molecule has 2 aromatic rings. The molecule has 0 aromatic heterocycles. The minimum atomic E-state index is -0.416. The van der Waals surface area contributed by atoms with Crippen LogP contribution in [0.5, 0.6) is 0 Å². The van der Waals surface area contributed by atoms with Gasteiger partial charge in [0.15, 0.2) is 0 Å². The molecule has 2 aliphatic heterocycles. The van der Waals surface area contributed by atoms with Gasteiger partial charge in [-0.15, -0.1) is 0 Å². The van der Waals surface area contributed by atoms with Crippen LogP contribution in [0.4, 0.5) is 16.2 Å². The Morgan fingerprint density at radius 2 is 1.83 bits per heavy atom. The van der Waals surface area contributed by atoms with Gasteiger partial charge in [0.25, 0.3) is 5.91 Å². The summed E-state index contributed by atoms with van der Waals surface area (Å²) in [5.74, 6) is -0.457. The first-order valence-electron chi connectivity index (χ1n) is 9.40. The molecule has 2 heterocycles. The average molecular weight is 392 g/mol. The van der Waals surface area contributed by atoms with Crippen molar-refractivity contribution in [1.29, 1.82) is 0 Å². The Morgan fingerprint density at radius 3 is 2.48 bits per heavy atom. The molecule has 2 saturated heterocycles. The van der Waals surface area contributed by atoms with Crippen LogP contribution in [0.2, 0.25) is 0 Å². The van der Waals surface area contributed by atoms with Crippen molar-refractivity contribution < 1.29 is 19.2 Å². The number of carbonyl (C=O) groups excluding carboxylic acids is 4. The quantitative estimate of drug-likeness (QED) is 0.762. The van der Waals surface area contributed by atoms with Crippen LogP contribution in [-0.2, 0) is 16.1 Å². The summed E-state index contributed by atoms with van der Waals surface area (Å²) in [7, 11) is 0. The molecule has 0 atom stereocenters. The fraction of sp³-hybridized carbons (Fsp3) is 0.238. The lowest BCUT2D eigenvalue weighted by Crippen LogP contribution is -2.30. The number of hydrogen-bond acceptors (Lipinski definition) is 4. The van der Waals surface area contributed by atoms with E-state index in [-0.39, 0.29) is 30.8 Å². The Labute approximate surface area is 167 Å². The largest absolute Gasteiger partial charge is 0.329 e. The third-order valence-electron chi connectivity index (χ3n) is 4.98. The van der Waals surface area contributed by atoms with Gasteiger partial charge < -0.3 is 15.5 Å². The zero-order chi connectivity index (χ0) is 20.4. The van der Waals surface area contributed by atoms with E-state index in [0.29, 0.717) is 24.2 Å². The van der Waals surface area contributed by atoms with Crippen molar-refractivity contribution in [3.05, 3.63) is 59.7 Å². The number of hydrogen-bond donors (Lipinski definition) is 2. The second kappa shape index (κ2) is 7.75. The second-order valence-corrected chi connectivity index (χ2v) is 6.99. The number of carbonyl (C=O) groups is 4. The van der Waals surface area contributed by atoms with Crippen molar-refractivity contribution in [2.24, 2.45) is 0 Å². The van der Waals surface area contributed by atoms with E-state index in [4.69, 9.17) is 0 Å². The highest BCUT2D eigenvalue weighted by molar-refractivity contribution is 6.05. The molecular formula is C21H20N4O4. The van der Waals surface area contributed by atoms with Gasteiger partial charge >= 0.3 is 6.03 Å². The Hall–Kier alpha value is -3.68. The van der Waals surface area contributed by atoms with Crippen molar-refractivity contribution in [1.82, 2.24) is 10.2 Å². The van der Waals surface area contributed by atoms with Crippen molar-refractivity contribution in [2.75, 3.05) is 23.3 Å². The maximum Gasteiger partial charge on any atom is 0.324 e. The average Bonchev–Trinajstić information content (AvgIpc) is 3.29. The second-order valence-electron chi connectivity index (χ2n) is 6.99. The summed E-state index contributed by atoms with van der Waals surface area (Å²) in [4.78, 5) is 50.6. The highest BCUT2D eigenvalue weighted by atomic mass is 16.2. The number of urea groups is 1. The lowest BCUT2D eigenvalue weighted by molar-refractivity contribution is -0.125. The third kappa shape index (κ3) is 3.96. The van der Waals surface area contributed by atoms with E-state index in [1.807, 2.05) is 0 Å². The van der Waals surface area contributed by atoms with Crippen LogP contribution in [0.3, 0.4) is 0 Å². The number of anilines is 2. The minimum absolute atomic E-state index is 0.00822. The summed E-state index contributed by atoms with van der Waals surface area (Å²) >= 11 is 0. The molecule has 2 N–H and O–H groups in total. The number of imide groups is 1. The highest BCUT2D eigenvalue weighted by Gasteiger charge is 2.28. The van der Waals surface area contributed by atoms with Crippen LogP contribution in [0.1, 0.15) is 28.8 Å². The molecule has 0 aliphatic carbocycles. The molecule has 0 unspecified atom stereocenters. The van der Waals surface area contributed by atoms with E-state index < -0.39 is 6.03 Å². The van der Waals surface area contributed by atoms with Crippen molar-refractivity contribution >= 4 is 35.1 Å². The van der Waals surface area contributed by atoms with Gasteiger partial charge in [-0.25, -0.2) is 4.79 Å². The minimum Gasteiger partial charge on any atom is -0.329 e. The van der Waals surface area contributed by atoms with Crippen LogP contribution in [0.15, 0.2) is 48.5 Å². The Morgan fingerprint density at radius 1 is 1.03 bits per heavy atom. The molecule has 148 valence electrons. The maximum atomic E-state index is 12.6. The topological polar surface area (TPSA) is 98.8 Å². The predicted octanol–water partition coefficient (Wildman–Crippen LogP) is 2.12. The van der Waals surface area contributed by atoms with Gasteiger partial charge in [-0.1, -0.05) is 12.1 Å². The zero-order valence-electron chi connectivity index (χ0n) is 15.7. The van der Waals surface area contributed by atoms with Gasteiger partial charge in [-0.05, 0) is 48.4 Å². The number of nitrogens with one attached hydrogen (secondary N) is 2. The fourth-order valence-corrected chi connectivity index (χ4v) is 3.46. The molecule has 2 fully saturated rings. The summed E-state index contributed by atoms with van der Waals surface area (Å²) in [6.07, 6.45) is 1.41. The van der Waals surface area contributed by atoms with Gasteiger partial charge in [0.2, 0.25) is 11.8 Å². The first-order valence-corrected chi connectivity index (χ1v) is 9.40. The van der Waals surface area contributed by atoms with Gasteiger partial charge in [0.05, 0.1) is 13.1 Å². The Balaban J connectivity index is 1.42. The van der Waals surface area contributed by atoms with E-state index in [9.17, 15) is 19.2 Å². The third-order valence-corrected chi connectivity index (χ3v) is 4.98. The fourth-order valence-electron chi connectivity index (χ4n) is 3.46. The van der Waals surface area contributed by atoms with E-state index >= 15 is 0 Å². The SMILES string of the molecule is O=C(Nc1cccc(CN2C(=O)CNC2=O)c1)c1ccc(N2CCCC2=O)cc1. The highest BCUT2D eigenvalue weighted by Crippen LogP contribution is 2.22. The lowest BCUT2D eigenvalue weighted by Gasteiger charge is -2.16. The molecule has 8 nitrogen and oxygen atoms in total. The van der Waals surface area contributed by atoms with Crippen LogP contribution in [0, 0.1) is 0 Å². The number of amides is 5. The number of rotatable bonds is 5. The van der Waals surface area contributed by atoms with E-state index in [1.54, 1.807) is 53.4 Å². The summed E-state index contributed by atoms with van der Waals surface area (Å²) < 4.78 is 0. The van der Waals surface area contributed by atoms with Crippen LogP contribution in [0.25, 0.3) is 0 Å². The van der Waals surface area contributed by atoms with Crippen LogP contribution < -0.4 is 15.5 Å². The number of nitrogens with zero attached hydrogens (tertiary/aromatic N) is 2. The maximum absolute atomic E-state index is 12.6. The van der Waals surface area contributed by atoms with Crippen LogP contribution in [-0.4, -0.2) is 41.7 Å². The van der Waals surface area contributed by atoms with Crippen molar-refractivity contribution in [2.45, 2.75) is 19.4 Å². The Bertz CT molecular complexity index is 970. The van der Waals surface area contributed by atoms with Crippen molar-refractivity contribution in [3.63, 3.8) is 0 Å². The molecule has 0 saturated carbocycles. The van der Waals surface area contributed by atoms with Gasteiger partial charge in [-0.3, -0.25) is 19.3 Å². The summed E-state index contributed by atoms with van der Waals surface area (Å²) in [6.45, 7) is 0.857. The predicted molar refractivity (Wildman–Crippen MR) is 106 cm³/mol. The molecule has 0 spiro atoms. The molecule has 4 rings (SSSR count). The summed E-state index contributed by atoms with van der Waals surface area (Å²) in [5, 5.41) is 5.30. The molecule has 2 aliphatic rings. The van der Waals surface area contributed by atoms with E-state index in [2.05, 4.69) is 10.6 Å². The molecule has 29 heavy (non-hydrogen) atoms. The first-order chi connectivity index (χ1) is 14.0. The van der Waals surface area contributed by atoms with Crippen LogP contribution >= 0.6 is 0 Å². The van der Waals surface area contributed by atoms with E-state index in [0.717, 1.165) is 22.6 Å². The Kier molecular flexibility index (Phi) is 4.99. The molecule has 0 radical (unpaired) electrons. The first kappa shape index (κ1) is 18.7. The van der Waals surface area contributed by atoms with Gasteiger partial charge in [0, 0.05) is 29.9 Å². The number of benzene rings is 2. The molecule has 5 amide bonds. The summed E-state index contributed by atoms with van der Waals surface area (Å²) in [6, 6.07) is 13.5. The molecule has 8 heteroatoms. The summed E-state index contributed by atoms with van der Waals surface area (Å²) in [5.41, 5.74) is 2.56. The monoisotopic (exact) mass is 392 g/mol. The molecule has 0 bridgehead atoms. The zero-order valence-corrected chi connectivity index (χ0v) is 15.7. The van der Waals surface area contributed by atoms with Crippen molar-refractivity contribution in [3.8, 4) is 0 Å².